The lowest BCUT2D eigenvalue weighted by molar-refractivity contribution is 0.0827. The first-order valence-electron chi connectivity index (χ1n) is 5.92. The van der Waals surface area contributed by atoms with E-state index in [0.717, 1.165) is 0 Å². The smallest absolute Gasteiger partial charge is 0.257 e. The third kappa shape index (κ3) is 2.34. The largest absolute Gasteiger partial charge is 0.497 e. The maximum absolute atomic E-state index is 12.0. The second kappa shape index (κ2) is 5.45. The van der Waals surface area contributed by atoms with Crippen LogP contribution in [0.5, 0.6) is 5.75 Å². The number of carbonyl (C=O) groups excluding carboxylic acids is 1. The van der Waals surface area contributed by atoms with Gasteiger partial charge in [0.05, 0.1) is 24.6 Å². The Morgan fingerprint density at radius 1 is 1.35 bits per heavy atom. The number of nitrogens with zero attached hydrogens (tertiary/aromatic N) is 4. The Labute approximate surface area is 116 Å². The molecule has 0 saturated heterocycles. The van der Waals surface area contributed by atoms with Gasteiger partial charge in [-0.15, -0.1) is 0 Å². The molecule has 20 heavy (non-hydrogen) atoms. The molecule has 0 spiro atoms. The quantitative estimate of drug-likeness (QED) is 0.846. The molecule has 1 aromatic heterocycles. The predicted octanol–water partition coefficient (Wildman–Crippen LogP) is 1.45. The molecule has 1 amide bonds. The number of benzene rings is 1. The summed E-state index contributed by atoms with van der Waals surface area (Å²) in [5.74, 6) is 0.463. The van der Waals surface area contributed by atoms with Crippen molar-refractivity contribution in [3.63, 3.8) is 0 Å². The van der Waals surface area contributed by atoms with Gasteiger partial charge >= 0.3 is 0 Å². The van der Waals surface area contributed by atoms with Crippen LogP contribution in [-0.2, 0) is 0 Å². The monoisotopic (exact) mass is 270 g/mol. The normalized spacial score (nSPS) is 9.90. The minimum Gasteiger partial charge on any atom is -0.497 e. The first kappa shape index (κ1) is 13.6. The van der Waals surface area contributed by atoms with E-state index in [9.17, 15) is 10.1 Å². The molecule has 102 valence electrons. The van der Waals surface area contributed by atoms with Crippen LogP contribution in [0.1, 0.15) is 16.1 Å². The van der Waals surface area contributed by atoms with Crippen LogP contribution < -0.4 is 4.74 Å². The topological polar surface area (TPSA) is 71.2 Å². The molecule has 0 saturated carbocycles. The van der Waals surface area contributed by atoms with Crippen molar-refractivity contribution in [1.29, 1.82) is 5.26 Å². The van der Waals surface area contributed by atoms with E-state index in [2.05, 4.69) is 5.10 Å². The predicted molar refractivity (Wildman–Crippen MR) is 72.8 cm³/mol. The summed E-state index contributed by atoms with van der Waals surface area (Å²) in [6, 6.07) is 9.12. The number of hydrogen-bond acceptors (Lipinski definition) is 4. The van der Waals surface area contributed by atoms with Gasteiger partial charge in [0, 0.05) is 14.1 Å². The zero-order valence-electron chi connectivity index (χ0n) is 11.5. The van der Waals surface area contributed by atoms with Crippen LogP contribution in [-0.4, -0.2) is 41.8 Å². The van der Waals surface area contributed by atoms with Crippen molar-refractivity contribution in [1.82, 2.24) is 14.7 Å². The van der Waals surface area contributed by atoms with E-state index < -0.39 is 0 Å². The molecule has 2 aromatic rings. The Bertz CT molecular complexity index is 665. The Morgan fingerprint density at radius 3 is 2.50 bits per heavy atom. The maximum Gasteiger partial charge on any atom is 0.257 e. The summed E-state index contributed by atoms with van der Waals surface area (Å²) in [6.45, 7) is 0. The molecule has 0 aliphatic rings. The van der Waals surface area contributed by atoms with Gasteiger partial charge in [-0.25, -0.2) is 4.68 Å². The van der Waals surface area contributed by atoms with Gasteiger partial charge in [-0.05, 0) is 24.3 Å². The molecule has 0 aliphatic heterocycles. The molecule has 6 nitrogen and oxygen atoms in total. The molecule has 0 fully saturated rings. The summed E-state index contributed by atoms with van der Waals surface area (Å²) >= 11 is 0. The molecule has 6 heteroatoms. The second-order valence-corrected chi connectivity index (χ2v) is 4.33. The van der Waals surface area contributed by atoms with Crippen molar-refractivity contribution >= 4 is 5.91 Å². The third-order valence-electron chi connectivity index (χ3n) is 2.83. The van der Waals surface area contributed by atoms with E-state index in [-0.39, 0.29) is 17.2 Å². The number of aromatic nitrogens is 2. The standard InChI is InChI=1S/C14H14N4O2/c1-17(2)14(19)12-9-16-18(13(12)8-15)10-4-6-11(20-3)7-5-10/h4-7,9H,1-3H3. The SMILES string of the molecule is COc1ccc(-n2ncc(C(=O)N(C)C)c2C#N)cc1. The van der Waals surface area contributed by atoms with Crippen LogP contribution in [0, 0.1) is 11.3 Å². The van der Waals surface area contributed by atoms with Crippen LogP contribution in [0.2, 0.25) is 0 Å². The summed E-state index contributed by atoms with van der Waals surface area (Å²) in [7, 11) is 4.85. The lowest BCUT2D eigenvalue weighted by Gasteiger charge is -2.09. The van der Waals surface area contributed by atoms with Gasteiger partial charge in [0.1, 0.15) is 11.8 Å². The second-order valence-electron chi connectivity index (χ2n) is 4.33. The summed E-state index contributed by atoms with van der Waals surface area (Å²) in [6.07, 6.45) is 1.41. The van der Waals surface area contributed by atoms with Gasteiger partial charge in [0.25, 0.3) is 5.91 Å². The minimum atomic E-state index is -0.249. The lowest BCUT2D eigenvalue weighted by atomic mass is 10.2. The van der Waals surface area contributed by atoms with Crippen molar-refractivity contribution < 1.29 is 9.53 Å². The molecule has 0 N–H and O–H groups in total. The van der Waals surface area contributed by atoms with E-state index in [1.807, 2.05) is 6.07 Å². The molecule has 0 unspecified atom stereocenters. The highest BCUT2D eigenvalue weighted by Gasteiger charge is 2.19. The number of methoxy groups -OCH3 is 1. The molecule has 1 heterocycles. The molecule has 0 atom stereocenters. The van der Waals surface area contributed by atoms with E-state index in [1.54, 1.807) is 45.5 Å². The van der Waals surface area contributed by atoms with Crippen molar-refractivity contribution in [2.24, 2.45) is 0 Å². The number of amides is 1. The van der Waals surface area contributed by atoms with E-state index in [1.165, 1.54) is 15.8 Å². The van der Waals surface area contributed by atoms with Crippen molar-refractivity contribution in [3.05, 3.63) is 41.7 Å². The average molecular weight is 270 g/mol. The Morgan fingerprint density at radius 2 is 2.00 bits per heavy atom. The molecular formula is C14H14N4O2. The van der Waals surface area contributed by atoms with Crippen LogP contribution in [0.15, 0.2) is 30.5 Å². The molecular weight excluding hydrogens is 256 g/mol. The molecule has 0 radical (unpaired) electrons. The van der Waals surface area contributed by atoms with Crippen molar-refractivity contribution in [2.75, 3.05) is 21.2 Å². The Balaban J connectivity index is 2.47. The van der Waals surface area contributed by atoms with Gasteiger partial charge in [0.15, 0.2) is 5.69 Å². The summed E-state index contributed by atoms with van der Waals surface area (Å²) in [4.78, 5) is 13.4. The Hall–Kier alpha value is -2.81. The van der Waals surface area contributed by atoms with Gasteiger partial charge in [-0.3, -0.25) is 4.79 Å². The highest BCUT2D eigenvalue weighted by atomic mass is 16.5. The number of ether oxygens (including phenoxy) is 1. The molecule has 1 aromatic carbocycles. The van der Waals surface area contributed by atoms with Gasteiger partial charge in [-0.1, -0.05) is 0 Å². The lowest BCUT2D eigenvalue weighted by Crippen LogP contribution is -2.22. The van der Waals surface area contributed by atoms with E-state index in [0.29, 0.717) is 11.4 Å². The minimum absolute atomic E-state index is 0.217. The van der Waals surface area contributed by atoms with Gasteiger partial charge in [-0.2, -0.15) is 10.4 Å². The number of nitriles is 1. The summed E-state index contributed by atoms with van der Waals surface area (Å²) < 4.78 is 6.52. The molecule has 0 aliphatic carbocycles. The first-order chi connectivity index (χ1) is 9.58. The molecule has 0 bridgehead atoms. The Kier molecular flexibility index (Phi) is 3.71. The summed E-state index contributed by atoms with van der Waals surface area (Å²) in [5, 5.41) is 13.4. The fourth-order valence-corrected chi connectivity index (χ4v) is 1.77. The maximum atomic E-state index is 12.0. The van der Waals surface area contributed by atoms with Crippen LogP contribution in [0.25, 0.3) is 5.69 Å². The van der Waals surface area contributed by atoms with E-state index >= 15 is 0 Å². The van der Waals surface area contributed by atoms with Crippen molar-refractivity contribution in [3.8, 4) is 17.5 Å². The fraction of sp³-hybridized carbons (Fsp3) is 0.214. The van der Waals surface area contributed by atoms with Crippen LogP contribution in [0.4, 0.5) is 0 Å². The zero-order chi connectivity index (χ0) is 14.7. The number of carbonyl (C=O) groups is 1. The first-order valence-corrected chi connectivity index (χ1v) is 5.92. The highest BCUT2D eigenvalue weighted by Crippen LogP contribution is 2.18. The van der Waals surface area contributed by atoms with Crippen LogP contribution in [0.3, 0.4) is 0 Å². The van der Waals surface area contributed by atoms with Gasteiger partial charge < -0.3 is 9.64 Å². The van der Waals surface area contributed by atoms with Crippen LogP contribution >= 0.6 is 0 Å². The number of hydrogen-bond donors (Lipinski definition) is 0. The molecule has 2 rings (SSSR count). The zero-order valence-corrected chi connectivity index (χ0v) is 11.5. The van der Waals surface area contributed by atoms with E-state index in [4.69, 9.17) is 4.74 Å². The third-order valence-corrected chi connectivity index (χ3v) is 2.83. The van der Waals surface area contributed by atoms with Crippen molar-refractivity contribution in [2.45, 2.75) is 0 Å². The number of rotatable bonds is 3. The highest BCUT2D eigenvalue weighted by molar-refractivity contribution is 5.95. The fourth-order valence-electron chi connectivity index (χ4n) is 1.77. The summed E-state index contributed by atoms with van der Waals surface area (Å²) in [5.41, 5.74) is 1.20. The van der Waals surface area contributed by atoms with Gasteiger partial charge in [0.2, 0.25) is 0 Å². The average Bonchev–Trinajstić information content (AvgIpc) is 2.90.